The van der Waals surface area contributed by atoms with Crippen molar-refractivity contribution < 1.29 is 19.7 Å². The summed E-state index contributed by atoms with van der Waals surface area (Å²) in [5.41, 5.74) is 1.19. The third kappa shape index (κ3) is 7.62. The van der Waals surface area contributed by atoms with Crippen LogP contribution in [-0.2, 0) is 16.1 Å². The summed E-state index contributed by atoms with van der Waals surface area (Å²) in [6, 6.07) is 10.1. The van der Waals surface area contributed by atoms with Gasteiger partial charge in [-0.05, 0) is 19.4 Å². The van der Waals surface area contributed by atoms with Gasteiger partial charge in [0.05, 0.1) is 13.2 Å². The summed E-state index contributed by atoms with van der Waals surface area (Å²) in [5, 5.41) is 16.2. The first-order chi connectivity index (χ1) is 8.86. The molecule has 4 nitrogen and oxygen atoms in total. The maximum atomic E-state index is 8.08. The van der Waals surface area contributed by atoms with E-state index in [1.54, 1.807) is 0 Å². The van der Waals surface area contributed by atoms with E-state index < -0.39 is 5.79 Å². The molecule has 1 heterocycles. The highest BCUT2D eigenvalue weighted by Gasteiger charge is 2.21. The molecule has 1 aliphatic heterocycles. The van der Waals surface area contributed by atoms with E-state index in [0.29, 0.717) is 6.61 Å². The largest absolute Gasteiger partial charge is 0.496 e. The highest BCUT2D eigenvalue weighted by Crippen LogP contribution is 2.20. The minimum Gasteiger partial charge on any atom is -0.496 e. The van der Waals surface area contributed by atoms with E-state index in [-0.39, 0.29) is 6.10 Å². The maximum Gasteiger partial charge on any atom is 0.156 e. The fraction of sp³-hybridized carbons (Fsp3) is 0.467. The van der Waals surface area contributed by atoms with E-state index in [4.69, 9.17) is 19.7 Å². The molecule has 1 unspecified atom stereocenters. The molecule has 1 aliphatic rings. The highest BCUT2D eigenvalue weighted by molar-refractivity contribution is 5.13. The minimum atomic E-state index is -1.50. The van der Waals surface area contributed by atoms with Crippen LogP contribution in [0.2, 0.25) is 0 Å². The van der Waals surface area contributed by atoms with E-state index in [1.807, 2.05) is 18.2 Å². The SMILES string of the molecule is C=C1OCCC1OCc1ccccc1.CC(C)(O)O. The van der Waals surface area contributed by atoms with Gasteiger partial charge in [-0.3, -0.25) is 0 Å². The number of ether oxygens (including phenoxy) is 2. The molecule has 1 aromatic carbocycles. The molecule has 0 spiro atoms. The van der Waals surface area contributed by atoms with Crippen LogP contribution >= 0.6 is 0 Å². The van der Waals surface area contributed by atoms with Crippen molar-refractivity contribution in [2.75, 3.05) is 6.61 Å². The van der Waals surface area contributed by atoms with Crippen molar-refractivity contribution in [2.45, 2.75) is 38.8 Å². The van der Waals surface area contributed by atoms with E-state index in [2.05, 4.69) is 18.7 Å². The normalized spacial score (nSPS) is 18.5. The van der Waals surface area contributed by atoms with Crippen LogP contribution in [0.3, 0.4) is 0 Å². The number of benzene rings is 1. The van der Waals surface area contributed by atoms with Crippen LogP contribution in [0.5, 0.6) is 0 Å². The summed E-state index contributed by atoms with van der Waals surface area (Å²) in [5.74, 6) is -0.735. The lowest BCUT2D eigenvalue weighted by atomic mass is 10.2. The van der Waals surface area contributed by atoms with Gasteiger partial charge in [-0.2, -0.15) is 0 Å². The summed E-state index contributed by atoms with van der Waals surface area (Å²) in [7, 11) is 0. The van der Waals surface area contributed by atoms with Crippen LogP contribution in [0.25, 0.3) is 0 Å². The van der Waals surface area contributed by atoms with Crippen molar-refractivity contribution >= 4 is 0 Å². The Morgan fingerprint density at radius 1 is 1.32 bits per heavy atom. The van der Waals surface area contributed by atoms with Crippen LogP contribution < -0.4 is 0 Å². The first kappa shape index (κ1) is 15.7. The smallest absolute Gasteiger partial charge is 0.156 e. The van der Waals surface area contributed by atoms with Gasteiger partial charge in [-0.1, -0.05) is 36.9 Å². The second-order valence-electron chi connectivity index (χ2n) is 4.88. The van der Waals surface area contributed by atoms with Gasteiger partial charge in [0.15, 0.2) is 5.79 Å². The molecule has 1 fully saturated rings. The van der Waals surface area contributed by atoms with Crippen LogP contribution in [0, 0.1) is 0 Å². The first-order valence-corrected chi connectivity index (χ1v) is 6.28. The predicted molar refractivity (Wildman–Crippen MR) is 73.2 cm³/mol. The average molecular weight is 266 g/mol. The first-order valence-electron chi connectivity index (χ1n) is 6.28. The lowest BCUT2D eigenvalue weighted by molar-refractivity contribution is -0.127. The molecule has 0 aromatic heterocycles. The Morgan fingerprint density at radius 2 is 1.89 bits per heavy atom. The topological polar surface area (TPSA) is 58.9 Å². The fourth-order valence-electron chi connectivity index (χ4n) is 1.50. The molecule has 0 bridgehead atoms. The van der Waals surface area contributed by atoms with Crippen molar-refractivity contribution in [1.82, 2.24) is 0 Å². The van der Waals surface area contributed by atoms with Crippen molar-refractivity contribution in [2.24, 2.45) is 0 Å². The summed E-state index contributed by atoms with van der Waals surface area (Å²) in [4.78, 5) is 0. The van der Waals surface area contributed by atoms with E-state index in [0.717, 1.165) is 18.8 Å². The van der Waals surface area contributed by atoms with Crippen LogP contribution in [0.4, 0.5) is 0 Å². The molecule has 0 aliphatic carbocycles. The van der Waals surface area contributed by atoms with Gasteiger partial charge in [0.2, 0.25) is 0 Å². The van der Waals surface area contributed by atoms with E-state index in [9.17, 15) is 0 Å². The molecule has 0 amide bonds. The summed E-state index contributed by atoms with van der Waals surface area (Å²) < 4.78 is 10.9. The zero-order valence-corrected chi connectivity index (χ0v) is 11.5. The molecule has 1 aromatic rings. The Bertz CT molecular complexity index is 375. The average Bonchev–Trinajstić information content (AvgIpc) is 2.71. The number of aliphatic hydroxyl groups is 2. The summed E-state index contributed by atoms with van der Waals surface area (Å²) >= 11 is 0. The fourth-order valence-corrected chi connectivity index (χ4v) is 1.50. The third-order valence-electron chi connectivity index (χ3n) is 2.32. The lowest BCUT2D eigenvalue weighted by Gasteiger charge is -2.10. The molecule has 0 saturated carbocycles. The number of hydrogen-bond donors (Lipinski definition) is 2. The number of rotatable bonds is 3. The van der Waals surface area contributed by atoms with Gasteiger partial charge in [0.25, 0.3) is 0 Å². The van der Waals surface area contributed by atoms with Gasteiger partial charge in [-0.15, -0.1) is 0 Å². The summed E-state index contributed by atoms with van der Waals surface area (Å²) in [6.45, 7) is 7.77. The van der Waals surface area contributed by atoms with Crippen LogP contribution in [-0.4, -0.2) is 28.7 Å². The molecule has 2 N–H and O–H groups in total. The maximum absolute atomic E-state index is 8.08. The van der Waals surface area contributed by atoms with Gasteiger partial charge < -0.3 is 19.7 Å². The standard InChI is InChI=1S/C12H14O2.C3H8O2/c1-10-12(7-8-13-10)14-9-11-5-3-2-4-6-11;1-3(2,4)5/h2-6,12H,1,7-9H2;4-5H,1-2H3. The lowest BCUT2D eigenvalue weighted by Crippen LogP contribution is -2.15. The second-order valence-corrected chi connectivity index (χ2v) is 4.88. The van der Waals surface area contributed by atoms with E-state index >= 15 is 0 Å². The molecular weight excluding hydrogens is 244 g/mol. The molecule has 0 radical (unpaired) electrons. The second kappa shape index (κ2) is 7.28. The predicted octanol–water partition coefficient (Wildman–Crippen LogP) is 2.21. The van der Waals surface area contributed by atoms with Gasteiger partial charge in [0.1, 0.15) is 11.9 Å². The third-order valence-corrected chi connectivity index (χ3v) is 2.32. The molecule has 19 heavy (non-hydrogen) atoms. The van der Waals surface area contributed by atoms with Crippen molar-refractivity contribution in [3.8, 4) is 0 Å². The van der Waals surface area contributed by atoms with Crippen molar-refractivity contribution in [3.05, 3.63) is 48.2 Å². The van der Waals surface area contributed by atoms with E-state index in [1.165, 1.54) is 19.4 Å². The van der Waals surface area contributed by atoms with Gasteiger partial charge >= 0.3 is 0 Å². The van der Waals surface area contributed by atoms with Crippen molar-refractivity contribution in [1.29, 1.82) is 0 Å². The van der Waals surface area contributed by atoms with Gasteiger partial charge in [-0.25, -0.2) is 0 Å². The zero-order valence-electron chi connectivity index (χ0n) is 11.5. The minimum absolute atomic E-state index is 0.0789. The van der Waals surface area contributed by atoms with Crippen LogP contribution in [0.1, 0.15) is 25.8 Å². The summed E-state index contributed by atoms with van der Waals surface area (Å²) in [6.07, 6.45) is 1.00. The Labute approximate surface area is 114 Å². The molecule has 1 saturated heterocycles. The zero-order chi connectivity index (χ0) is 14.3. The molecule has 4 heteroatoms. The highest BCUT2D eigenvalue weighted by atomic mass is 16.5. The number of hydrogen-bond acceptors (Lipinski definition) is 4. The molecule has 1 atom stereocenters. The Morgan fingerprint density at radius 3 is 2.37 bits per heavy atom. The Hall–Kier alpha value is -1.36. The van der Waals surface area contributed by atoms with Crippen molar-refractivity contribution in [3.63, 3.8) is 0 Å². The quantitative estimate of drug-likeness (QED) is 0.824. The molecular formula is C15H22O4. The Kier molecular flexibility index (Phi) is 6.02. The van der Waals surface area contributed by atoms with Gasteiger partial charge in [0, 0.05) is 6.42 Å². The molecule has 2 rings (SSSR count). The monoisotopic (exact) mass is 266 g/mol. The Balaban J connectivity index is 0.000000312. The van der Waals surface area contributed by atoms with Crippen LogP contribution in [0.15, 0.2) is 42.7 Å². The molecule has 106 valence electrons.